The molecule has 1 aliphatic carbocycles. The van der Waals surface area contributed by atoms with Gasteiger partial charge in [-0.1, -0.05) is 6.08 Å². The standard InChI is InChI=1S/C32H26N6/c1-2-20-35(19-1)27-11-7-25(8-12-27)31-33-32(26-9-13-28(14-10-26)36-21-3-4-22-36)38(34-31)30-17-15-29(16-18-30)37-23-5-6-24-37/h1-7,9-11,13-24H,8,12H2. The van der Waals surface area contributed by atoms with Crippen molar-refractivity contribution < 1.29 is 0 Å². The minimum Gasteiger partial charge on any atom is -0.328 e. The van der Waals surface area contributed by atoms with E-state index in [2.05, 4.69) is 98.9 Å². The van der Waals surface area contributed by atoms with Crippen molar-refractivity contribution in [2.45, 2.75) is 12.8 Å². The predicted octanol–water partition coefficient (Wildman–Crippen LogP) is 7.04. The first kappa shape index (κ1) is 22.1. The molecule has 4 aromatic heterocycles. The van der Waals surface area contributed by atoms with Crippen LogP contribution in [0.2, 0.25) is 0 Å². The Balaban J connectivity index is 1.28. The molecule has 0 amide bonds. The van der Waals surface area contributed by atoms with Crippen molar-refractivity contribution in [3.8, 4) is 28.5 Å². The van der Waals surface area contributed by atoms with E-state index >= 15 is 0 Å². The van der Waals surface area contributed by atoms with Crippen LogP contribution in [0.1, 0.15) is 18.7 Å². The molecule has 0 saturated heterocycles. The lowest BCUT2D eigenvalue weighted by molar-refractivity contribution is 0.870. The highest BCUT2D eigenvalue weighted by molar-refractivity contribution is 5.71. The van der Waals surface area contributed by atoms with E-state index in [1.54, 1.807) is 0 Å². The Hall–Kier alpha value is -5.10. The molecule has 184 valence electrons. The fourth-order valence-corrected chi connectivity index (χ4v) is 4.93. The van der Waals surface area contributed by atoms with Gasteiger partial charge < -0.3 is 13.7 Å². The molecule has 0 radical (unpaired) electrons. The quantitative estimate of drug-likeness (QED) is 0.249. The summed E-state index contributed by atoms with van der Waals surface area (Å²) in [4.78, 5) is 5.07. The van der Waals surface area contributed by atoms with Gasteiger partial charge in [0.05, 0.1) is 5.69 Å². The van der Waals surface area contributed by atoms with Gasteiger partial charge in [0, 0.05) is 59.8 Å². The van der Waals surface area contributed by atoms with E-state index in [9.17, 15) is 0 Å². The topological polar surface area (TPSA) is 45.5 Å². The molecule has 0 fully saturated rings. The highest BCUT2D eigenvalue weighted by Gasteiger charge is 2.19. The molecule has 0 bridgehead atoms. The molecule has 0 unspecified atom stereocenters. The number of allylic oxidation sites excluding steroid dienone is 4. The van der Waals surface area contributed by atoms with Crippen LogP contribution in [0, 0.1) is 0 Å². The van der Waals surface area contributed by atoms with Crippen molar-refractivity contribution in [3.63, 3.8) is 0 Å². The Morgan fingerprint density at radius 3 is 1.61 bits per heavy atom. The molecule has 7 rings (SSSR count). The third-order valence-electron chi connectivity index (χ3n) is 6.98. The van der Waals surface area contributed by atoms with Crippen molar-refractivity contribution in [1.82, 2.24) is 28.5 Å². The minimum absolute atomic E-state index is 0.770. The summed E-state index contributed by atoms with van der Waals surface area (Å²) in [5, 5.41) is 5.02. The van der Waals surface area contributed by atoms with Crippen molar-refractivity contribution in [1.29, 1.82) is 0 Å². The molecule has 1 aliphatic rings. The molecule has 6 heteroatoms. The van der Waals surface area contributed by atoms with Crippen molar-refractivity contribution in [3.05, 3.63) is 140 Å². The number of benzene rings is 2. The van der Waals surface area contributed by atoms with E-state index < -0.39 is 0 Å². The molecular weight excluding hydrogens is 468 g/mol. The van der Waals surface area contributed by atoms with Gasteiger partial charge in [0.1, 0.15) is 0 Å². The third kappa shape index (κ3) is 4.12. The van der Waals surface area contributed by atoms with Gasteiger partial charge in [-0.15, -0.1) is 5.10 Å². The van der Waals surface area contributed by atoms with Gasteiger partial charge in [-0.05, 0) is 109 Å². The Morgan fingerprint density at radius 2 is 1.05 bits per heavy atom. The maximum Gasteiger partial charge on any atom is 0.178 e. The fourth-order valence-electron chi connectivity index (χ4n) is 4.93. The molecule has 6 aromatic rings. The first-order valence-corrected chi connectivity index (χ1v) is 12.8. The monoisotopic (exact) mass is 494 g/mol. The van der Waals surface area contributed by atoms with Crippen LogP contribution in [-0.4, -0.2) is 28.5 Å². The van der Waals surface area contributed by atoms with E-state index in [-0.39, 0.29) is 0 Å². The predicted molar refractivity (Wildman–Crippen MR) is 151 cm³/mol. The minimum atomic E-state index is 0.770. The summed E-state index contributed by atoms with van der Waals surface area (Å²) in [7, 11) is 0. The zero-order chi connectivity index (χ0) is 25.3. The van der Waals surface area contributed by atoms with E-state index in [1.807, 2.05) is 53.7 Å². The lowest BCUT2D eigenvalue weighted by Gasteiger charge is -2.13. The van der Waals surface area contributed by atoms with Crippen molar-refractivity contribution in [2.75, 3.05) is 0 Å². The van der Waals surface area contributed by atoms with Crippen molar-refractivity contribution in [2.24, 2.45) is 0 Å². The van der Waals surface area contributed by atoms with Crippen molar-refractivity contribution >= 4 is 11.3 Å². The second kappa shape index (κ2) is 9.41. The number of aromatic nitrogens is 6. The van der Waals surface area contributed by atoms with Crippen LogP contribution < -0.4 is 0 Å². The summed E-state index contributed by atoms with van der Waals surface area (Å²) in [6, 6.07) is 29.1. The summed E-state index contributed by atoms with van der Waals surface area (Å²) < 4.78 is 8.33. The van der Waals surface area contributed by atoms with Crippen LogP contribution in [0.15, 0.2) is 134 Å². The molecule has 38 heavy (non-hydrogen) atoms. The van der Waals surface area contributed by atoms with E-state index in [0.29, 0.717) is 0 Å². The maximum absolute atomic E-state index is 5.07. The lowest BCUT2D eigenvalue weighted by atomic mass is 10.0. The molecule has 4 heterocycles. The van der Waals surface area contributed by atoms with Crippen LogP contribution in [0.4, 0.5) is 0 Å². The Kier molecular flexibility index (Phi) is 5.48. The Labute approximate surface area is 221 Å². The average molecular weight is 495 g/mol. The first-order valence-electron chi connectivity index (χ1n) is 12.8. The summed E-state index contributed by atoms with van der Waals surface area (Å²) >= 11 is 0. The van der Waals surface area contributed by atoms with Gasteiger partial charge in [0.2, 0.25) is 0 Å². The maximum atomic E-state index is 5.07. The number of hydrogen-bond donors (Lipinski definition) is 0. The van der Waals surface area contributed by atoms with Gasteiger partial charge in [-0.2, -0.15) is 0 Å². The molecule has 0 aliphatic heterocycles. The van der Waals surface area contributed by atoms with E-state index in [1.165, 1.54) is 5.70 Å². The number of nitrogens with zero attached hydrogens (tertiary/aromatic N) is 6. The van der Waals surface area contributed by atoms with Crippen LogP contribution in [0.3, 0.4) is 0 Å². The molecule has 0 saturated carbocycles. The summed E-state index contributed by atoms with van der Waals surface area (Å²) in [6.07, 6.45) is 18.5. The van der Waals surface area contributed by atoms with Crippen LogP contribution in [0.5, 0.6) is 0 Å². The van der Waals surface area contributed by atoms with Gasteiger partial charge in [-0.25, -0.2) is 9.67 Å². The second-order valence-corrected chi connectivity index (χ2v) is 9.35. The highest BCUT2D eigenvalue weighted by atomic mass is 15.4. The van der Waals surface area contributed by atoms with Gasteiger partial charge >= 0.3 is 0 Å². The van der Waals surface area contributed by atoms with Crippen LogP contribution >= 0.6 is 0 Å². The summed E-state index contributed by atoms with van der Waals surface area (Å²) in [5.74, 6) is 1.60. The fraction of sp³-hybridized carbons (Fsp3) is 0.0625. The van der Waals surface area contributed by atoms with Crippen LogP contribution in [-0.2, 0) is 0 Å². The Bertz CT molecular complexity index is 1620. The normalized spacial score (nSPS) is 13.4. The number of rotatable bonds is 6. The smallest absolute Gasteiger partial charge is 0.178 e. The largest absolute Gasteiger partial charge is 0.328 e. The van der Waals surface area contributed by atoms with Gasteiger partial charge in [0.25, 0.3) is 0 Å². The number of hydrogen-bond acceptors (Lipinski definition) is 2. The summed E-state index contributed by atoms with van der Waals surface area (Å²) in [5.41, 5.74) is 6.64. The van der Waals surface area contributed by atoms with E-state index in [0.717, 1.165) is 52.7 Å². The zero-order valence-corrected chi connectivity index (χ0v) is 20.8. The first-order chi connectivity index (χ1) is 18.8. The zero-order valence-electron chi connectivity index (χ0n) is 20.8. The molecule has 0 N–H and O–H groups in total. The third-order valence-corrected chi connectivity index (χ3v) is 6.98. The Morgan fingerprint density at radius 1 is 0.526 bits per heavy atom. The molecule has 0 atom stereocenters. The average Bonchev–Trinajstić information content (AvgIpc) is 3.80. The summed E-state index contributed by atoms with van der Waals surface area (Å²) in [6.45, 7) is 0. The van der Waals surface area contributed by atoms with Crippen LogP contribution in [0.25, 0.3) is 39.7 Å². The molecule has 0 spiro atoms. The highest BCUT2D eigenvalue weighted by Crippen LogP contribution is 2.30. The lowest BCUT2D eigenvalue weighted by Crippen LogP contribution is -2.02. The van der Waals surface area contributed by atoms with Gasteiger partial charge in [-0.3, -0.25) is 0 Å². The molecule has 2 aromatic carbocycles. The second-order valence-electron chi connectivity index (χ2n) is 9.35. The molecular formula is C32H26N6. The molecule has 6 nitrogen and oxygen atoms in total. The SMILES string of the molecule is C1=C(c2nc(-c3ccc(-n4cccc4)cc3)n(-c3ccc(-n4cccc4)cc3)n2)CCC(n2cccc2)=C1. The van der Waals surface area contributed by atoms with Gasteiger partial charge in [0.15, 0.2) is 11.6 Å². The van der Waals surface area contributed by atoms with E-state index in [4.69, 9.17) is 10.1 Å².